The van der Waals surface area contributed by atoms with Gasteiger partial charge in [-0.3, -0.25) is 4.79 Å². The van der Waals surface area contributed by atoms with E-state index in [1.165, 1.54) is 0 Å². The average Bonchev–Trinajstić information content (AvgIpc) is 2.66. The molecule has 3 rings (SSSR count). The number of ether oxygens (including phenoxy) is 1. The zero-order chi connectivity index (χ0) is 17.5. The second kappa shape index (κ2) is 8.29. The van der Waals surface area contributed by atoms with Crippen LogP contribution in [0.15, 0.2) is 65.5 Å². The predicted octanol–water partition coefficient (Wildman–Crippen LogP) is 4.36. The second-order valence-corrected chi connectivity index (χ2v) is 5.99. The van der Waals surface area contributed by atoms with Crippen molar-refractivity contribution in [2.24, 2.45) is 0 Å². The Labute approximate surface area is 147 Å². The second-order valence-electron chi connectivity index (χ2n) is 5.99. The van der Waals surface area contributed by atoms with Gasteiger partial charge in [0.15, 0.2) is 0 Å². The molecule has 2 aromatic carbocycles. The Morgan fingerprint density at radius 1 is 1.04 bits per heavy atom. The number of aryl methyl sites for hydroxylation is 1. The van der Waals surface area contributed by atoms with Crippen molar-refractivity contribution in [3.05, 3.63) is 82.3 Å². The van der Waals surface area contributed by atoms with Gasteiger partial charge in [-0.2, -0.15) is 5.10 Å². The molecular formula is C21H22N2O2. The summed E-state index contributed by atoms with van der Waals surface area (Å²) in [4.78, 5) is 11.7. The van der Waals surface area contributed by atoms with Crippen LogP contribution in [0, 0.1) is 0 Å². The van der Waals surface area contributed by atoms with Crippen LogP contribution in [0.4, 0.5) is 0 Å². The minimum Gasteiger partial charge on any atom is -0.489 e. The first-order chi connectivity index (χ1) is 12.3. The summed E-state index contributed by atoms with van der Waals surface area (Å²) in [6, 6.07) is 19.5. The number of hydrogen-bond acceptors (Lipinski definition) is 3. The molecule has 25 heavy (non-hydrogen) atoms. The fraction of sp³-hybridized carbons (Fsp3) is 0.238. The molecule has 4 nitrogen and oxygen atoms in total. The standard InChI is InChI=1S/C21H22N2O2/c1-2-3-9-20-19(14-21(24)23-22-20)17-10-12-18(13-11-17)25-15-16-7-5-4-6-8-16/h4-8,10-14H,2-3,9,15H2,1H3,(H,23,24). The van der Waals surface area contributed by atoms with Crippen LogP contribution < -0.4 is 10.3 Å². The van der Waals surface area contributed by atoms with Gasteiger partial charge in [-0.05, 0) is 36.1 Å². The summed E-state index contributed by atoms with van der Waals surface area (Å²) in [5, 5.41) is 6.76. The van der Waals surface area contributed by atoms with Crippen molar-refractivity contribution < 1.29 is 4.74 Å². The smallest absolute Gasteiger partial charge is 0.264 e. The first-order valence-corrected chi connectivity index (χ1v) is 8.62. The summed E-state index contributed by atoms with van der Waals surface area (Å²) < 4.78 is 5.82. The lowest BCUT2D eigenvalue weighted by Crippen LogP contribution is -2.10. The van der Waals surface area contributed by atoms with Gasteiger partial charge in [-0.15, -0.1) is 0 Å². The van der Waals surface area contributed by atoms with E-state index in [4.69, 9.17) is 4.74 Å². The maximum atomic E-state index is 11.7. The van der Waals surface area contributed by atoms with E-state index in [1.54, 1.807) is 6.07 Å². The molecule has 0 atom stereocenters. The van der Waals surface area contributed by atoms with Gasteiger partial charge in [0.25, 0.3) is 5.56 Å². The molecule has 0 radical (unpaired) electrons. The van der Waals surface area contributed by atoms with Crippen LogP contribution in [0.1, 0.15) is 31.0 Å². The van der Waals surface area contributed by atoms with Crippen molar-refractivity contribution in [1.82, 2.24) is 10.2 Å². The summed E-state index contributed by atoms with van der Waals surface area (Å²) in [7, 11) is 0. The molecule has 0 saturated heterocycles. The van der Waals surface area contributed by atoms with E-state index in [2.05, 4.69) is 17.1 Å². The lowest BCUT2D eigenvalue weighted by Gasteiger charge is -2.10. The number of aromatic nitrogens is 2. The van der Waals surface area contributed by atoms with Crippen molar-refractivity contribution in [3.8, 4) is 16.9 Å². The Kier molecular flexibility index (Phi) is 5.62. The number of nitrogens with one attached hydrogen (secondary N) is 1. The number of H-pyrrole nitrogens is 1. The molecule has 0 fully saturated rings. The van der Waals surface area contributed by atoms with E-state index in [1.807, 2.05) is 54.6 Å². The number of unbranched alkanes of at least 4 members (excludes halogenated alkanes) is 1. The van der Waals surface area contributed by atoms with Crippen molar-refractivity contribution in [3.63, 3.8) is 0 Å². The maximum Gasteiger partial charge on any atom is 0.264 e. The number of nitrogens with zero attached hydrogens (tertiary/aromatic N) is 1. The van der Waals surface area contributed by atoms with Crippen molar-refractivity contribution in [2.45, 2.75) is 32.8 Å². The van der Waals surface area contributed by atoms with Gasteiger partial charge < -0.3 is 4.74 Å². The molecule has 1 N–H and O–H groups in total. The van der Waals surface area contributed by atoms with E-state index in [0.29, 0.717) is 6.61 Å². The van der Waals surface area contributed by atoms with Gasteiger partial charge in [0.1, 0.15) is 12.4 Å². The van der Waals surface area contributed by atoms with Crippen LogP contribution in [0.25, 0.3) is 11.1 Å². The molecule has 0 aliphatic rings. The van der Waals surface area contributed by atoms with Crippen molar-refractivity contribution in [1.29, 1.82) is 0 Å². The van der Waals surface area contributed by atoms with Crippen LogP contribution >= 0.6 is 0 Å². The quantitative estimate of drug-likeness (QED) is 0.698. The fourth-order valence-electron chi connectivity index (χ4n) is 2.69. The molecule has 0 saturated carbocycles. The number of hydrogen-bond donors (Lipinski definition) is 1. The summed E-state index contributed by atoms with van der Waals surface area (Å²) in [5.41, 5.74) is 3.76. The van der Waals surface area contributed by atoms with Crippen LogP contribution in [0.3, 0.4) is 0 Å². The lowest BCUT2D eigenvalue weighted by atomic mass is 10.0. The summed E-state index contributed by atoms with van der Waals surface area (Å²) >= 11 is 0. The first-order valence-electron chi connectivity index (χ1n) is 8.62. The topological polar surface area (TPSA) is 55.0 Å². The minimum atomic E-state index is -0.181. The monoisotopic (exact) mass is 334 g/mol. The summed E-state index contributed by atoms with van der Waals surface area (Å²) in [6.45, 7) is 2.68. The van der Waals surface area contributed by atoms with Gasteiger partial charge in [-0.25, -0.2) is 5.10 Å². The summed E-state index contributed by atoms with van der Waals surface area (Å²) in [6.07, 6.45) is 2.99. The predicted molar refractivity (Wildman–Crippen MR) is 99.7 cm³/mol. The van der Waals surface area contributed by atoms with Crippen LogP contribution in [0.5, 0.6) is 5.75 Å². The Morgan fingerprint density at radius 2 is 1.80 bits per heavy atom. The van der Waals surface area contributed by atoms with E-state index in [9.17, 15) is 4.79 Å². The van der Waals surface area contributed by atoms with Crippen LogP contribution in [-0.2, 0) is 13.0 Å². The van der Waals surface area contributed by atoms with Gasteiger partial charge in [0.05, 0.1) is 5.69 Å². The normalized spacial score (nSPS) is 10.6. The molecule has 128 valence electrons. The third-order valence-corrected chi connectivity index (χ3v) is 4.07. The van der Waals surface area contributed by atoms with E-state index >= 15 is 0 Å². The van der Waals surface area contributed by atoms with E-state index < -0.39 is 0 Å². The van der Waals surface area contributed by atoms with Crippen molar-refractivity contribution in [2.75, 3.05) is 0 Å². The van der Waals surface area contributed by atoms with Crippen LogP contribution in [0.2, 0.25) is 0 Å². The highest BCUT2D eigenvalue weighted by Gasteiger charge is 2.08. The Morgan fingerprint density at radius 3 is 2.52 bits per heavy atom. The Bertz CT molecular complexity index is 855. The van der Waals surface area contributed by atoms with Gasteiger partial charge >= 0.3 is 0 Å². The highest BCUT2D eigenvalue weighted by molar-refractivity contribution is 5.66. The molecule has 4 heteroatoms. The lowest BCUT2D eigenvalue weighted by molar-refractivity contribution is 0.306. The SMILES string of the molecule is CCCCc1n[nH]c(=O)cc1-c1ccc(OCc2ccccc2)cc1. The first kappa shape index (κ1) is 17.0. The van der Waals surface area contributed by atoms with Gasteiger partial charge in [0, 0.05) is 11.6 Å². The number of aromatic amines is 1. The molecule has 1 heterocycles. The van der Waals surface area contributed by atoms with Crippen molar-refractivity contribution >= 4 is 0 Å². The van der Waals surface area contributed by atoms with Gasteiger partial charge in [0.2, 0.25) is 0 Å². The third-order valence-electron chi connectivity index (χ3n) is 4.07. The van der Waals surface area contributed by atoms with Crippen LogP contribution in [-0.4, -0.2) is 10.2 Å². The fourth-order valence-corrected chi connectivity index (χ4v) is 2.69. The molecule has 0 spiro atoms. The Hall–Kier alpha value is -2.88. The molecular weight excluding hydrogens is 312 g/mol. The molecule has 3 aromatic rings. The number of benzene rings is 2. The highest BCUT2D eigenvalue weighted by Crippen LogP contribution is 2.25. The molecule has 0 amide bonds. The molecule has 0 aliphatic carbocycles. The molecule has 0 unspecified atom stereocenters. The zero-order valence-corrected chi connectivity index (χ0v) is 14.4. The minimum absolute atomic E-state index is 0.181. The molecule has 1 aromatic heterocycles. The Balaban J connectivity index is 1.76. The van der Waals surface area contributed by atoms with E-state index in [0.717, 1.165) is 47.4 Å². The van der Waals surface area contributed by atoms with Gasteiger partial charge in [-0.1, -0.05) is 55.8 Å². The van der Waals surface area contributed by atoms with E-state index in [-0.39, 0.29) is 5.56 Å². The molecule has 0 aliphatic heterocycles. The highest BCUT2D eigenvalue weighted by atomic mass is 16.5. The molecule has 0 bridgehead atoms. The maximum absolute atomic E-state index is 11.7. The average molecular weight is 334 g/mol. The number of rotatable bonds is 7. The third kappa shape index (κ3) is 4.57. The largest absolute Gasteiger partial charge is 0.489 e. The zero-order valence-electron chi connectivity index (χ0n) is 14.4. The summed E-state index contributed by atoms with van der Waals surface area (Å²) in [5.74, 6) is 0.806.